The fourth-order valence-corrected chi connectivity index (χ4v) is 3.79. The molecule has 2 aliphatic rings. The summed E-state index contributed by atoms with van der Waals surface area (Å²) in [5.41, 5.74) is 8.91. The van der Waals surface area contributed by atoms with Crippen LogP contribution in [-0.4, -0.2) is 25.2 Å². The maximum absolute atomic E-state index is 12.8. The van der Waals surface area contributed by atoms with Crippen molar-refractivity contribution in [1.82, 2.24) is 0 Å². The first kappa shape index (κ1) is 21.8. The molecule has 2 aliphatic heterocycles. The van der Waals surface area contributed by atoms with E-state index in [4.69, 9.17) is 15.2 Å². The molecule has 1 saturated heterocycles. The van der Waals surface area contributed by atoms with Crippen molar-refractivity contribution in [3.8, 4) is 11.5 Å². The van der Waals surface area contributed by atoms with Gasteiger partial charge in [0.1, 0.15) is 0 Å². The molecule has 7 nitrogen and oxygen atoms in total. The lowest BCUT2D eigenvalue weighted by Crippen LogP contribution is -2.29. The third-order valence-corrected chi connectivity index (χ3v) is 5.67. The van der Waals surface area contributed by atoms with E-state index in [0.29, 0.717) is 35.3 Å². The van der Waals surface area contributed by atoms with Gasteiger partial charge >= 0.3 is 0 Å². The highest BCUT2D eigenvalue weighted by Crippen LogP contribution is 2.39. The average Bonchev–Trinajstić information content (AvgIpc) is 3.33. The second-order valence-corrected chi connectivity index (χ2v) is 7.56. The Morgan fingerprint density at radius 3 is 2.70 bits per heavy atom. The van der Waals surface area contributed by atoms with E-state index in [0.717, 1.165) is 17.7 Å². The zero-order valence-corrected chi connectivity index (χ0v) is 17.8. The third-order valence-electron chi connectivity index (χ3n) is 5.67. The number of carbonyl (C=O) groups excluding carboxylic acids is 2. The third kappa shape index (κ3) is 4.03. The number of carbonyl (C=O) groups is 2. The monoisotopic (exact) mass is 431 g/mol. The second-order valence-electron chi connectivity index (χ2n) is 7.56. The quantitative estimate of drug-likeness (QED) is 0.699. The summed E-state index contributed by atoms with van der Waals surface area (Å²) in [5, 5.41) is 2.84. The van der Waals surface area contributed by atoms with Crippen molar-refractivity contribution in [2.45, 2.75) is 32.6 Å². The zero-order chi connectivity index (χ0) is 20.5. The number of rotatable bonds is 5. The number of anilines is 3. The summed E-state index contributed by atoms with van der Waals surface area (Å²) in [6.07, 6.45) is 1.15. The Morgan fingerprint density at radius 1 is 1.27 bits per heavy atom. The Balaban J connectivity index is 0.00000256. The highest BCUT2D eigenvalue weighted by atomic mass is 35.5. The number of nitrogens with zero attached hydrogens (tertiary/aromatic N) is 1. The van der Waals surface area contributed by atoms with Crippen LogP contribution in [0, 0.1) is 5.92 Å². The number of nitrogen functional groups attached to an aromatic ring is 1. The molecule has 2 heterocycles. The van der Waals surface area contributed by atoms with Crippen LogP contribution in [0.5, 0.6) is 11.5 Å². The van der Waals surface area contributed by atoms with Crippen molar-refractivity contribution in [1.29, 1.82) is 0 Å². The van der Waals surface area contributed by atoms with Crippen LogP contribution in [0.4, 0.5) is 17.1 Å². The van der Waals surface area contributed by atoms with E-state index in [1.165, 1.54) is 0 Å². The molecule has 8 heteroatoms. The Kier molecular flexibility index (Phi) is 6.41. The minimum atomic E-state index is -0.447. The van der Waals surface area contributed by atoms with Gasteiger partial charge in [-0.25, -0.2) is 0 Å². The molecule has 0 bridgehead atoms. The zero-order valence-electron chi connectivity index (χ0n) is 17.0. The summed E-state index contributed by atoms with van der Waals surface area (Å²) in [6.45, 7) is 4.75. The Bertz CT molecular complexity index is 965. The number of nitrogens with two attached hydrogens (primary N) is 1. The molecule has 1 fully saturated rings. The molecule has 0 spiro atoms. The molecule has 2 amide bonds. The number of hydrogen-bond acceptors (Lipinski definition) is 5. The predicted octanol–water partition coefficient (Wildman–Crippen LogP) is 3.92. The van der Waals surface area contributed by atoms with Gasteiger partial charge in [0.15, 0.2) is 11.5 Å². The summed E-state index contributed by atoms with van der Waals surface area (Å²) in [7, 11) is 0. The van der Waals surface area contributed by atoms with Crippen molar-refractivity contribution in [2.24, 2.45) is 5.92 Å². The first-order chi connectivity index (χ1) is 14.0. The summed E-state index contributed by atoms with van der Waals surface area (Å²) in [4.78, 5) is 27.3. The maximum Gasteiger partial charge on any atom is 0.231 e. The first-order valence-electron chi connectivity index (χ1n) is 9.87. The van der Waals surface area contributed by atoms with Gasteiger partial charge in [0.05, 0.1) is 17.3 Å². The molecule has 2 unspecified atom stereocenters. The standard InChI is InChI=1S/C22H25N3O4.ClH/c1-3-13(2)15-6-4-5-7-18(15)25-11-14(8-21(25)26)22(27)24-17-10-20-19(9-16(17)23)28-12-29-20;/h4-7,9-10,13-14H,3,8,11-12,23H2,1-2H3,(H,24,27);1H. The molecular formula is C22H26ClN3O4. The van der Waals surface area contributed by atoms with E-state index in [1.807, 2.05) is 18.2 Å². The van der Waals surface area contributed by atoms with E-state index in [9.17, 15) is 9.59 Å². The Morgan fingerprint density at radius 2 is 1.97 bits per heavy atom. The lowest BCUT2D eigenvalue weighted by atomic mass is 9.96. The van der Waals surface area contributed by atoms with Crippen molar-refractivity contribution in [3.63, 3.8) is 0 Å². The highest BCUT2D eigenvalue weighted by Gasteiger charge is 2.36. The van der Waals surface area contributed by atoms with Crippen LogP contribution in [0.25, 0.3) is 0 Å². The van der Waals surface area contributed by atoms with Gasteiger partial charge < -0.3 is 25.4 Å². The molecular weight excluding hydrogens is 406 g/mol. The Hall–Kier alpha value is -2.93. The predicted molar refractivity (Wildman–Crippen MR) is 118 cm³/mol. The van der Waals surface area contributed by atoms with E-state index in [1.54, 1.807) is 17.0 Å². The number of nitrogens with one attached hydrogen (secondary N) is 1. The van der Waals surface area contributed by atoms with Gasteiger partial charge in [0, 0.05) is 30.8 Å². The normalized spacial score (nSPS) is 18.1. The van der Waals surface area contributed by atoms with Crippen molar-refractivity contribution in [2.75, 3.05) is 29.3 Å². The molecule has 30 heavy (non-hydrogen) atoms. The first-order valence-corrected chi connectivity index (χ1v) is 9.87. The number of benzene rings is 2. The number of amides is 2. The highest BCUT2D eigenvalue weighted by molar-refractivity contribution is 6.04. The smallest absolute Gasteiger partial charge is 0.231 e. The van der Waals surface area contributed by atoms with Crippen LogP contribution in [-0.2, 0) is 9.59 Å². The maximum atomic E-state index is 12.8. The van der Waals surface area contributed by atoms with Crippen LogP contribution in [0.15, 0.2) is 36.4 Å². The molecule has 0 radical (unpaired) electrons. The lowest BCUT2D eigenvalue weighted by molar-refractivity contribution is -0.122. The van der Waals surface area contributed by atoms with E-state index < -0.39 is 5.92 Å². The van der Waals surface area contributed by atoms with Gasteiger partial charge in [-0.1, -0.05) is 32.0 Å². The molecule has 0 aromatic heterocycles. The summed E-state index contributed by atoms with van der Waals surface area (Å²) in [5.74, 6) is 0.718. The van der Waals surface area contributed by atoms with Crippen LogP contribution in [0.3, 0.4) is 0 Å². The number of para-hydroxylation sites is 1. The van der Waals surface area contributed by atoms with Crippen molar-refractivity contribution in [3.05, 3.63) is 42.0 Å². The Labute approximate surface area is 181 Å². The molecule has 160 valence electrons. The van der Waals surface area contributed by atoms with E-state index >= 15 is 0 Å². The molecule has 2 aromatic rings. The van der Waals surface area contributed by atoms with Gasteiger partial charge in [-0.15, -0.1) is 12.4 Å². The molecule has 4 rings (SSSR count). The lowest BCUT2D eigenvalue weighted by Gasteiger charge is -2.23. The minimum absolute atomic E-state index is 0. The molecule has 3 N–H and O–H groups in total. The second kappa shape index (κ2) is 8.83. The van der Waals surface area contributed by atoms with Crippen LogP contribution in [0.1, 0.15) is 38.2 Å². The number of ether oxygens (including phenoxy) is 2. The van der Waals surface area contributed by atoms with E-state index in [2.05, 4.69) is 25.2 Å². The minimum Gasteiger partial charge on any atom is -0.454 e. The van der Waals surface area contributed by atoms with Crippen molar-refractivity contribution < 1.29 is 19.1 Å². The van der Waals surface area contributed by atoms with Gasteiger partial charge in [-0.05, 0) is 24.0 Å². The van der Waals surface area contributed by atoms with Gasteiger partial charge in [0.2, 0.25) is 18.6 Å². The summed E-state index contributed by atoms with van der Waals surface area (Å²) in [6, 6.07) is 11.2. The molecule has 2 atom stereocenters. The largest absolute Gasteiger partial charge is 0.454 e. The molecule has 0 aliphatic carbocycles. The van der Waals surface area contributed by atoms with Crippen LogP contribution in [0.2, 0.25) is 0 Å². The average molecular weight is 432 g/mol. The molecule has 0 saturated carbocycles. The SMILES string of the molecule is CCC(C)c1ccccc1N1CC(C(=O)Nc2cc3c(cc2N)OCO3)CC1=O.Cl. The summed E-state index contributed by atoms with van der Waals surface area (Å²) >= 11 is 0. The number of hydrogen-bond donors (Lipinski definition) is 2. The topological polar surface area (TPSA) is 93.9 Å². The van der Waals surface area contributed by atoms with Gasteiger partial charge in [0.25, 0.3) is 0 Å². The van der Waals surface area contributed by atoms with E-state index in [-0.39, 0.29) is 37.4 Å². The van der Waals surface area contributed by atoms with Gasteiger partial charge in [-0.3, -0.25) is 9.59 Å². The number of halogens is 1. The fraction of sp³-hybridized carbons (Fsp3) is 0.364. The number of fused-ring (bicyclic) bond motifs is 1. The molecule has 2 aromatic carbocycles. The van der Waals surface area contributed by atoms with Crippen LogP contribution >= 0.6 is 12.4 Å². The van der Waals surface area contributed by atoms with Crippen LogP contribution < -0.4 is 25.4 Å². The fourth-order valence-electron chi connectivity index (χ4n) is 3.79. The van der Waals surface area contributed by atoms with Crippen molar-refractivity contribution >= 4 is 41.3 Å². The van der Waals surface area contributed by atoms with Gasteiger partial charge in [-0.2, -0.15) is 0 Å². The summed E-state index contributed by atoms with van der Waals surface area (Å²) < 4.78 is 10.6.